The Morgan fingerprint density at radius 1 is 1.22 bits per heavy atom. The number of carbonyl (C=O) groups is 1. The lowest BCUT2D eigenvalue weighted by Gasteiger charge is -2.33. The van der Waals surface area contributed by atoms with Gasteiger partial charge in [0.1, 0.15) is 11.4 Å². The van der Waals surface area contributed by atoms with Crippen molar-refractivity contribution >= 4 is 28.6 Å². The molecule has 0 bridgehead atoms. The highest BCUT2D eigenvalue weighted by Gasteiger charge is 2.24. The number of benzene rings is 1. The van der Waals surface area contributed by atoms with Crippen LogP contribution < -0.4 is 0 Å². The summed E-state index contributed by atoms with van der Waals surface area (Å²) in [5, 5.41) is 1.91. The van der Waals surface area contributed by atoms with Gasteiger partial charge in [0.15, 0.2) is 0 Å². The first-order valence-electron chi connectivity index (χ1n) is 8.41. The molecule has 0 atom stereocenters. The number of fused-ring (bicyclic) bond motifs is 1. The third-order valence-corrected chi connectivity index (χ3v) is 5.51. The summed E-state index contributed by atoms with van der Waals surface area (Å²) in [4.78, 5) is 23.3. The molecule has 1 aromatic carbocycles. The van der Waals surface area contributed by atoms with Gasteiger partial charge >= 0.3 is 0 Å². The van der Waals surface area contributed by atoms with E-state index in [1.165, 1.54) is 31.0 Å². The molecule has 4 nitrogen and oxygen atoms in total. The van der Waals surface area contributed by atoms with Gasteiger partial charge in [-0.3, -0.25) is 4.79 Å². The van der Waals surface area contributed by atoms with Crippen LogP contribution in [0.1, 0.15) is 39.0 Å². The van der Waals surface area contributed by atoms with Crippen molar-refractivity contribution in [2.24, 2.45) is 0 Å². The molecule has 1 saturated carbocycles. The average Bonchev–Trinajstić information content (AvgIpc) is 2.61. The lowest BCUT2D eigenvalue weighted by molar-refractivity contribution is -0.131. The fraction of sp³-hybridized carbons (Fsp3) is 0.500. The van der Waals surface area contributed by atoms with Crippen LogP contribution >= 0.6 is 11.8 Å². The first-order valence-corrected chi connectivity index (χ1v) is 9.40. The Balaban J connectivity index is 1.67. The molecular weight excluding hydrogens is 306 g/mol. The van der Waals surface area contributed by atoms with Crippen molar-refractivity contribution in [1.82, 2.24) is 14.9 Å². The Morgan fingerprint density at radius 2 is 2.00 bits per heavy atom. The highest BCUT2D eigenvalue weighted by Crippen LogP contribution is 2.26. The van der Waals surface area contributed by atoms with Gasteiger partial charge in [-0.15, -0.1) is 0 Å². The number of thioether (sulfide) groups is 1. The summed E-state index contributed by atoms with van der Waals surface area (Å²) >= 11 is 1.52. The Bertz CT molecular complexity index is 665. The molecule has 0 N–H and O–H groups in total. The lowest BCUT2D eigenvalue weighted by Crippen LogP contribution is -2.42. The van der Waals surface area contributed by atoms with Crippen molar-refractivity contribution in [1.29, 1.82) is 0 Å². The maximum atomic E-state index is 12.6. The van der Waals surface area contributed by atoms with E-state index in [1.54, 1.807) is 6.33 Å². The summed E-state index contributed by atoms with van der Waals surface area (Å²) in [7, 11) is 0. The predicted molar refractivity (Wildman–Crippen MR) is 94.5 cm³/mol. The topological polar surface area (TPSA) is 46.1 Å². The molecule has 2 aromatic rings. The quantitative estimate of drug-likeness (QED) is 0.616. The van der Waals surface area contributed by atoms with Crippen LogP contribution in [-0.4, -0.2) is 39.1 Å². The molecule has 3 rings (SSSR count). The van der Waals surface area contributed by atoms with Gasteiger partial charge in [0.05, 0.1) is 11.3 Å². The zero-order valence-electron chi connectivity index (χ0n) is 13.6. The van der Waals surface area contributed by atoms with E-state index in [0.717, 1.165) is 35.3 Å². The van der Waals surface area contributed by atoms with E-state index in [2.05, 4.69) is 21.8 Å². The maximum absolute atomic E-state index is 12.6. The van der Waals surface area contributed by atoms with Crippen LogP contribution in [0.4, 0.5) is 0 Å². The van der Waals surface area contributed by atoms with Crippen LogP contribution in [0.2, 0.25) is 0 Å². The van der Waals surface area contributed by atoms with E-state index in [1.807, 2.05) is 24.3 Å². The summed E-state index contributed by atoms with van der Waals surface area (Å²) in [5.74, 6) is 0.679. The summed E-state index contributed by atoms with van der Waals surface area (Å²) in [6.45, 7) is 2.88. The average molecular weight is 329 g/mol. The second-order valence-corrected chi connectivity index (χ2v) is 6.92. The largest absolute Gasteiger partial charge is 0.339 e. The molecule has 1 aliphatic carbocycles. The normalized spacial score (nSPS) is 15.7. The van der Waals surface area contributed by atoms with Crippen LogP contribution in [0.3, 0.4) is 0 Å². The van der Waals surface area contributed by atoms with Crippen LogP contribution in [0.25, 0.3) is 10.9 Å². The Morgan fingerprint density at radius 3 is 2.78 bits per heavy atom. The molecule has 122 valence electrons. The minimum atomic E-state index is 0.229. The van der Waals surface area contributed by atoms with Crippen molar-refractivity contribution in [3.63, 3.8) is 0 Å². The van der Waals surface area contributed by atoms with Crippen LogP contribution in [0, 0.1) is 0 Å². The van der Waals surface area contributed by atoms with E-state index in [9.17, 15) is 4.79 Å². The number of amides is 1. The van der Waals surface area contributed by atoms with Gasteiger partial charge in [-0.05, 0) is 25.8 Å². The van der Waals surface area contributed by atoms with Crippen molar-refractivity contribution in [3.05, 3.63) is 30.6 Å². The van der Waals surface area contributed by atoms with Crippen LogP contribution in [-0.2, 0) is 4.79 Å². The van der Waals surface area contributed by atoms with Gasteiger partial charge in [-0.1, -0.05) is 49.2 Å². The van der Waals surface area contributed by atoms with Gasteiger partial charge in [0.2, 0.25) is 5.91 Å². The summed E-state index contributed by atoms with van der Waals surface area (Å²) < 4.78 is 0. The molecule has 1 aromatic heterocycles. The van der Waals surface area contributed by atoms with Crippen molar-refractivity contribution < 1.29 is 4.79 Å². The van der Waals surface area contributed by atoms with Gasteiger partial charge < -0.3 is 4.90 Å². The van der Waals surface area contributed by atoms with Crippen LogP contribution in [0.5, 0.6) is 0 Å². The Hall–Kier alpha value is -1.62. The fourth-order valence-electron chi connectivity index (χ4n) is 3.34. The van der Waals surface area contributed by atoms with Crippen molar-refractivity contribution in [2.75, 3.05) is 12.3 Å². The SMILES string of the molecule is CCN(C(=O)CSc1ncnc2ccccc12)C1CCCCC1. The molecule has 0 unspecified atom stereocenters. The van der Waals surface area contributed by atoms with E-state index in [4.69, 9.17) is 0 Å². The maximum Gasteiger partial charge on any atom is 0.233 e. The smallest absolute Gasteiger partial charge is 0.233 e. The third kappa shape index (κ3) is 3.83. The number of hydrogen-bond donors (Lipinski definition) is 0. The molecule has 0 saturated heterocycles. The number of aromatic nitrogens is 2. The number of carbonyl (C=O) groups excluding carboxylic acids is 1. The molecule has 0 aliphatic heterocycles. The van der Waals surface area contributed by atoms with Gasteiger partial charge in [-0.25, -0.2) is 9.97 Å². The van der Waals surface area contributed by atoms with E-state index >= 15 is 0 Å². The molecule has 1 fully saturated rings. The van der Waals surface area contributed by atoms with Crippen molar-refractivity contribution in [2.45, 2.75) is 50.1 Å². The summed E-state index contributed by atoms with van der Waals surface area (Å²) in [5.41, 5.74) is 0.928. The van der Waals surface area contributed by atoms with Gasteiger partial charge in [-0.2, -0.15) is 0 Å². The fourth-order valence-corrected chi connectivity index (χ4v) is 4.21. The minimum Gasteiger partial charge on any atom is -0.339 e. The zero-order chi connectivity index (χ0) is 16.1. The highest BCUT2D eigenvalue weighted by molar-refractivity contribution is 8.00. The summed E-state index contributed by atoms with van der Waals surface area (Å²) in [6.07, 6.45) is 7.69. The molecule has 23 heavy (non-hydrogen) atoms. The lowest BCUT2D eigenvalue weighted by atomic mass is 9.94. The molecule has 5 heteroatoms. The monoisotopic (exact) mass is 329 g/mol. The molecule has 0 spiro atoms. The zero-order valence-corrected chi connectivity index (χ0v) is 14.4. The standard InChI is InChI=1S/C18H23N3OS/c1-2-21(14-8-4-3-5-9-14)17(22)12-23-18-15-10-6-7-11-16(15)19-13-20-18/h6-7,10-11,13-14H,2-5,8-9,12H2,1H3. The number of nitrogens with zero attached hydrogens (tertiary/aromatic N) is 3. The van der Waals surface area contributed by atoms with Crippen LogP contribution in [0.15, 0.2) is 35.6 Å². The van der Waals surface area contributed by atoms with Crippen molar-refractivity contribution in [3.8, 4) is 0 Å². The van der Waals surface area contributed by atoms with Gasteiger partial charge in [0.25, 0.3) is 0 Å². The van der Waals surface area contributed by atoms with Gasteiger partial charge in [0, 0.05) is 18.0 Å². The minimum absolute atomic E-state index is 0.229. The molecule has 0 radical (unpaired) electrons. The first-order chi connectivity index (χ1) is 11.3. The highest BCUT2D eigenvalue weighted by atomic mass is 32.2. The molecule has 1 amide bonds. The second-order valence-electron chi connectivity index (χ2n) is 5.96. The first kappa shape index (κ1) is 16.2. The van der Waals surface area contributed by atoms with E-state index < -0.39 is 0 Å². The number of rotatable bonds is 5. The Labute approximate surface area is 141 Å². The van der Waals surface area contributed by atoms with E-state index in [0.29, 0.717) is 11.8 Å². The summed E-state index contributed by atoms with van der Waals surface area (Å²) in [6, 6.07) is 8.38. The number of para-hydroxylation sites is 1. The second kappa shape index (κ2) is 7.77. The number of hydrogen-bond acceptors (Lipinski definition) is 4. The predicted octanol–water partition coefficient (Wildman–Crippen LogP) is 3.90. The molecular formula is C18H23N3OS. The third-order valence-electron chi connectivity index (χ3n) is 4.52. The molecule has 1 aliphatic rings. The molecule has 1 heterocycles. The van der Waals surface area contributed by atoms with E-state index in [-0.39, 0.29) is 5.91 Å². The Kier molecular flexibility index (Phi) is 5.49.